The minimum Gasteiger partial charge on any atom is -0.317 e. The number of ketones is 1. The summed E-state index contributed by atoms with van der Waals surface area (Å²) in [5.74, 6) is 0.326. The third kappa shape index (κ3) is 3.80. The van der Waals surface area contributed by atoms with Crippen molar-refractivity contribution >= 4 is 16.6 Å². The van der Waals surface area contributed by atoms with Gasteiger partial charge in [-0.1, -0.05) is 50.2 Å². The van der Waals surface area contributed by atoms with Gasteiger partial charge in [0, 0.05) is 11.8 Å². The number of carbonyl (C=O) groups excluding carboxylic acids is 1. The number of hydrogen-bond acceptors (Lipinski definition) is 5. The van der Waals surface area contributed by atoms with Crippen molar-refractivity contribution in [3.63, 3.8) is 0 Å². The maximum Gasteiger partial charge on any atom is 0.185 e. The fraction of sp³-hybridized carbons (Fsp3) is 0.381. The van der Waals surface area contributed by atoms with Crippen molar-refractivity contribution < 1.29 is 10.0 Å². The van der Waals surface area contributed by atoms with Crippen LogP contribution in [0.3, 0.4) is 0 Å². The first-order chi connectivity index (χ1) is 12.7. The first kappa shape index (κ1) is 18.6. The molecule has 0 amide bonds. The molecule has 2 aromatic carbocycles. The van der Waals surface area contributed by atoms with E-state index in [0.717, 1.165) is 47.4 Å². The molecular weight excluding hydrogens is 326 g/mol. The topological polar surface area (TPSA) is 64.6 Å². The Morgan fingerprint density at radius 2 is 1.77 bits per heavy atom. The van der Waals surface area contributed by atoms with E-state index in [-0.39, 0.29) is 5.78 Å². The molecule has 2 aliphatic rings. The molecule has 4 rings (SSSR count). The number of rotatable bonds is 3. The van der Waals surface area contributed by atoms with E-state index in [1.165, 1.54) is 0 Å². The summed E-state index contributed by atoms with van der Waals surface area (Å²) in [6.07, 6.45) is 3.64. The number of hydroxylamine groups is 1. The Balaban J connectivity index is 0.000000948. The van der Waals surface area contributed by atoms with Crippen LogP contribution >= 0.6 is 0 Å². The highest BCUT2D eigenvalue weighted by Gasteiger charge is 2.35. The number of piperidine rings is 1. The zero-order valence-corrected chi connectivity index (χ0v) is 15.4. The standard InChI is InChI=1S/C19H21N3O2.C2H6/c23-19(16-6-5-13-3-1-2-4-15(13)11-16)18-17(12-22(24)21-18)14-7-9-20-10-8-14;1-2/h1-6,11-12,14,18,20-21,24H,7-10H2;1-2H3. The number of nitrogens with zero attached hydrogens (tertiary/aromatic N) is 1. The van der Waals surface area contributed by atoms with Crippen LogP contribution in [0.1, 0.15) is 37.0 Å². The fourth-order valence-electron chi connectivity index (χ4n) is 3.68. The molecule has 0 aliphatic carbocycles. The minimum atomic E-state index is -0.487. The van der Waals surface area contributed by atoms with Crippen molar-refractivity contribution in [1.29, 1.82) is 0 Å². The molecule has 2 aliphatic heterocycles. The van der Waals surface area contributed by atoms with Gasteiger partial charge < -0.3 is 5.32 Å². The lowest BCUT2D eigenvalue weighted by Crippen LogP contribution is -2.42. The molecule has 0 spiro atoms. The van der Waals surface area contributed by atoms with E-state index in [2.05, 4.69) is 10.7 Å². The monoisotopic (exact) mass is 353 g/mol. The third-order valence-electron chi connectivity index (χ3n) is 4.97. The van der Waals surface area contributed by atoms with E-state index in [0.29, 0.717) is 11.5 Å². The van der Waals surface area contributed by atoms with Crippen molar-refractivity contribution in [2.45, 2.75) is 32.7 Å². The Hall–Kier alpha value is -2.21. The van der Waals surface area contributed by atoms with Crippen LogP contribution in [0.25, 0.3) is 10.8 Å². The van der Waals surface area contributed by atoms with Crippen LogP contribution in [0.5, 0.6) is 0 Å². The van der Waals surface area contributed by atoms with Gasteiger partial charge in [-0.05, 0) is 54.3 Å². The molecule has 1 atom stereocenters. The maximum absolute atomic E-state index is 13.0. The van der Waals surface area contributed by atoms with E-state index in [4.69, 9.17) is 0 Å². The van der Waals surface area contributed by atoms with Crippen molar-refractivity contribution in [3.8, 4) is 0 Å². The van der Waals surface area contributed by atoms with Gasteiger partial charge in [-0.2, -0.15) is 10.6 Å². The predicted molar refractivity (Wildman–Crippen MR) is 104 cm³/mol. The first-order valence-electron chi connectivity index (χ1n) is 9.42. The summed E-state index contributed by atoms with van der Waals surface area (Å²) in [6, 6.07) is 13.3. The molecule has 0 saturated carbocycles. The fourth-order valence-corrected chi connectivity index (χ4v) is 3.68. The Morgan fingerprint density at radius 3 is 2.50 bits per heavy atom. The number of hydrazine groups is 1. The van der Waals surface area contributed by atoms with E-state index in [1.807, 2.05) is 56.3 Å². The van der Waals surface area contributed by atoms with E-state index in [9.17, 15) is 10.0 Å². The molecule has 0 aromatic heterocycles. The number of Topliss-reactive ketones (excluding diaryl/α,β-unsaturated/α-hetero) is 1. The van der Waals surface area contributed by atoms with Crippen molar-refractivity contribution in [1.82, 2.24) is 15.9 Å². The van der Waals surface area contributed by atoms with E-state index in [1.54, 1.807) is 6.20 Å². The summed E-state index contributed by atoms with van der Waals surface area (Å²) in [7, 11) is 0. The van der Waals surface area contributed by atoms with Gasteiger partial charge >= 0.3 is 0 Å². The van der Waals surface area contributed by atoms with Crippen LogP contribution in [0.2, 0.25) is 0 Å². The number of fused-ring (bicyclic) bond motifs is 1. The first-order valence-corrected chi connectivity index (χ1v) is 9.42. The largest absolute Gasteiger partial charge is 0.317 e. The zero-order chi connectivity index (χ0) is 18.5. The highest BCUT2D eigenvalue weighted by molar-refractivity contribution is 6.04. The molecule has 26 heavy (non-hydrogen) atoms. The molecule has 5 nitrogen and oxygen atoms in total. The second kappa shape index (κ2) is 8.45. The summed E-state index contributed by atoms with van der Waals surface area (Å²) in [6.45, 7) is 5.90. The molecule has 5 heteroatoms. The van der Waals surface area contributed by atoms with Crippen LogP contribution in [-0.4, -0.2) is 35.3 Å². The maximum atomic E-state index is 13.0. The van der Waals surface area contributed by atoms with Crippen LogP contribution < -0.4 is 10.7 Å². The van der Waals surface area contributed by atoms with Crippen LogP contribution in [-0.2, 0) is 0 Å². The predicted octanol–water partition coefficient (Wildman–Crippen LogP) is 3.51. The van der Waals surface area contributed by atoms with Crippen LogP contribution in [0.4, 0.5) is 0 Å². The average molecular weight is 353 g/mol. The summed E-state index contributed by atoms with van der Waals surface area (Å²) in [4.78, 5) is 13.0. The second-order valence-electron chi connectivity index (χ2n) is 6.49. The summed E-state index contributed by atoms with van der Waals surface area (Å²) in [5.41, 5.74) is 4.53. The highest BCUT2D eigenvalue weighted by Crippen LogP contribution is 2.29. The summed E-state index contributed by atoms with van der Waals surface area (Å²) < 4.78 is 0. The van der Waals surface area contributed by atoms with Crippen LogP contribution in [0, 0.1) is 5.92 Å². The molecule has 0 radical (unpaired) electrons. The highest BCUT2D eigenvalue weighted by atomic mass is 16.5. The molecule has 138 valence electrons. The van der Waals surface area contributed by atoms with Crippen molar-refractivity contribution in [3.05, 3.63) is 59.8 Å². The smallest absolute Gasteiger partial charge is 0.185 e. The minimum absolute atomic E-state index is 0.00193. The number of carbonyl (C=O) groups is 1. The van der Waals surface area contributed by atoms with Gasteiger partial charge in [0.15, 0.2) is 5.78 Å². The third-order valence-corrected chi connectivity index (χ3v) is 4.97. The lowest BCUT2D eigenvalue weighted by Gasteiger charge is -2.26. The normalized spacial score (nSPS) is 20.5. The zero-order valence-electron chi connectivity index (χ0n) is 15.4. The van der Waals surface area contributed by atoms with Gasteiger partial charge in [0.05, 0.1) is 0 Å². The Bertz CT molecular complexity index is 797. The molecular formula is C21H27N3O2. The summed E-state index contributed by atoms with van der Waals surface area (Å²) in [5, 5.41) is 16.3. The summed E-state index contributed by atoms with van der Waals surface area (Å²) >= 11 is 0. The van der Waals surface area contributed by atoms with Crippen molar-refractivity contribution in [2.75, 3.05) is 13.1 Å². The number of hydrogen-bond donors (Lipinski definition) is 3. The van der Waals surface area contributed by atoms with Gasteiger partial charge in [0.2, 0.25) is 0 Å². The van der Waals surface area contributed by atoms with Gasteiger partial charge in [-0.25, -0.2) is 0 Å². The van der Waals surface area contributed by atoms with Crippen LogP contribution in [0.15, 0.2) is 54.2 Å². The van der Waals surface area contributed by atoms with Crippen molar-refractivity contribution in [2.24, 2.45) is 5.92 Å². The number of benzene rings is 2. The lowest BCUT2D eigenvalue weighted by atomic mass is 9.84. The Labute approximate surface area is 154 Å². The lowest BCUT2D eigenvalue weighted by molar-refractivity contribution is -0.0816. The average Bonchev–Trinajstić information content (AvgIpc) is 3.11. The van der Waals surface area contributed by atoms with E-state index < -0.39 is 6.04 Å². The Morgan fingerprint density at radius 1 is 1.08 bits per heavy atom. The molecule has 3 N–H and O–H groups in total. The molecule has 1 unspecified atom stereocenters. The van der Waals surface area contributed by atoms with Gasteiger partial charge in [-0.15, -0.1) is 0 Å². The molecule has 0 bridgehead atoms. The molecule has 2 aromatic rings. The van der Waals surface area contributed by atoms with E-state index >= 15 is 0 Å². The van der Waals surface area contributed by atoms with Gasteiger partial charge in [0.1, 0.15) is 6.04 Å². The molecule has 1 fully saturated rings. The SMILES string of the molecule is CC.O=C(c1ccc2ccccc2c1)C1NN(O)C=C1C1CCNCC1. The quantitative estimate of drug-likeness (QED) is 0.737. The molecule has 1 saturated heterocycles. The molecule has 2 heterocycles. The number of nitrogens with one attached hydrogen (secondary N) is 2. The van der Waals surface area contributed by atoms with Gasteiger partial charge in [0.25, 0.3) is 0 Å². The Kier molecular flexibility index (Phi) is 6.04. The van der Waals surface area contributed by atoms with Gasteiger partial charge in [-0.3, -0.25) is 10.0 Å². The second-order valence-corrected chi connectivity index (χ2v) is 6.49.